The number of rotatable bonds is 2. The van der Waals surface area contributed by atoms with Crippen LogP contribution >= 0.6 is 0 Å². The highest BCUT2D eigenvalue weighted by Gasteiger charge is 2.70. The number of hydrogen-bond acceptors (Lipinski definition) is 5. The molecule has 130 valence electrons. The second kappa shape index (κ2) is 5.31. The molecule has 0 bridgehead atoms. The standard InChI is InChI=1S/C19H24O5/c1-17-10-7-11-18(2,15(20)23-3)14(17)19(22,16(21)24-4)13-9-6-5-8-12(13)17/h5-6,8-9,14,22H,7,10-11H2,1-4H3/t14-,17+,18-,19-/m1/s1. The molecular weight excluding hydrogens is 308 g/mol. The van der Waals surface area contributed by atoms with E-state index in [-0.39, 0.29) is 0 Å². The van der Waals surface area contributed by atoms with Crippen molar-refractivity contribution in [3.05, 3.63) is 35.4 Å². The Morgan fingerprint density at radius 2 is 1.62 bits per heavy atom. The molecule has 0 radical (unpaired) electrons. The highest BCUT2D eigenvalue weighted by Crippen LogP contribution is 2.65. The van der Waals surface area contributed by atoms with Gasteiger partial charge in [-0.3, -0.25) is 4.79 Å². The van der Waals surface area contributed by atoms with Gasteiger partial charge in [0.05, 0.1) is 19.6 Å². The Balaban J connectivity index is 2.31. The lowest BCUT2D eigenvalue weighted by atomic mass is 9.53. The highest BCUT2D eigenvalue weighted by molar-refractivity contribution is 5.87. The van der Waals surface area contributed by atoms with Gasteiger partial charge in [-0.1, -0.05) is 37.6 Å². The van der Waals surface area contributed by atoms with Crippen LogP contribution in [-0.4, -0.2) is 31.3 Å². The first-order valence-electron chi connectivity index (χ1n) is 8.26. The van der Waals surface area contributed by atoms with Gasteiger partial charge in [0.2, 0.25) is 0 Å². The molecule has 1 aromatic rings. The fourth-order valence-corrected chi connectivity index (χ4v) is 5.33. The summed E-state index contributed by atoms with van der Waals surface area (Å²) in [4.78, 5) is 25.3. The van der Waals surface area contributed by atoms with Crippen molar-refractivity contribution in [2.45, 2.75) is 44.1 Å². The van der Waals surface area contributed by atoms with Crippen LogP contribution < -0.4 is 0 Å². The van der Waals surface area contributed by atoms with Gasteiger partial charge >= 0.3 is 11.9 Å². The van der Waals surface area contributed by atoms with E-state index < -0.39 is 34.3 Å². The largest absolute Gasteiger partial charge is 0.469 e. The third kappa shape index (κ3) is 1.85. The van der Waals surface area contributed by atoms with Gasteiger partial charge in [0, 0.05) is 11.3 Å². The fourth-order valence-electron chi connectivity index (χ4n) is 5.33. The molecule has 0 amide bonds. The van der Waals surface area contributed by atoms with E-state index >= 15 is 0 Å². The number of benzene rings is 1. The van der Waals surface area contributed by atoms with Crippen molar-refractivity contribution in [2.24, 2.45) is 11.3 Å². The van der Waals surface area contributed by atoms with Gasteiger partial charge in [0.1, 0.15) is 0 Å². The van der Waals surface area contributed by atoms with E-state index in [1.54, 1.807) is 19.1 Å². The van der Waals surface area contributed by atoms with E-state index in [0.29, 0.717) is 12.0 Å². The first-order chi connectivity index (χ1) is 11.3. The minimum atomic E-state index is -1.86. The Morgan fingerprint density at radius 1 is 1.04 bits per heavy atom. The maximum absolute atomic E-state index is 12.7. The van der Waals surface area contributed by atoms with Crippen LogP contribution in [0.15, 0.2) is 24.3 Å². The molecule has 1 saturated carbocycles. The van der Waals surface area contributed by atoms with Crippen molar-refractivity contribution in [3.8, 4) is 0 Å². The van der Waals surface area contributed by atoms with Crippen LogP contribution in [0.5, 0.6) is 0 Å². The minimum Gasteiger partial charge on any atom is -0.469 e. The topological polar surface area (TPSA) is 72.8 Å². The van der Waals surface area contributed by atoms with Crippen molar-refractivity contribution in [1.82, 2.24) is 0 Å². The predicted octanol–water partition coefficient (Wildman–Crippen LogP) is 2.30. The van der Waals surface area contributed by atoms with Crippen LogP contribution in [0.3, 0.4) is 0 Å². The molecule has 2 aliphatic rings. The monoisotopic (exact) mass is 332 g/mol. The van der Waals surface area contributed by atoms with Crippen LogP contribution in [-0.2, 0) is 30.1 Å². The maximum atomic E-state index is 12.7. The van der Waals surface area contributed by atoms with Gasteiger partial charge in [-0.2, -0.15) is 0 Å². The third-order valence-electron chi connectivity index (χ3n) is 6.19. The molecule has 5 heteroatoms. The quantitative estimate of drug-likeness (QED) is 0.841. The molecule has 1 fully saturated rings. The van der Waals surface area contributed by atoms with Gasteiger partial charge in [0.15, 0.2) is 5.60 Å². The third-order valence-corrected chi connectivity index (χ3v) is 6.19. The van der Waals surface area contributed by atoms with Crippen LogP contribution in [0.25, 0.3) is 0 Å². The van der Waals surface area contributed by atoms with Gasteiger partial charge < -0.3 is 14.6 Å². The number of aliphatic hydroxyl groups is 1. The van der Waals surface area contributed by atoms with Crippen molar-refractivity contribution in [2.75, 3.05) is 14.2 Å². The first-order valence-corrected chi connectivity index (χ1v) is 8.26. The summed E-state index contributed by atoms with van der Waals surface area (Å²) in [5.41, 5.74) is -1.87. The van der Waals surface area contributed by atoms with E-state index in [9.17, 15) is 14.7 Å². The van der Waals surface area contributed by atoms with Crippen molar-refractivity contribution in [1.29, 1.82) is 0 Å². The predicted molar refractivity (Wildman–Crippen MR) is 87.2 cm³/mol. The summed E-state index contributed by atoms with van der Waals surface area (Å²) in [6.45, 7) is 3.82. The molecule has 4 atom stereocenters. The minimum absolute atomic E-state index is 0.395. The zero-order valence-electron chi connectivity index (χ0n) is 14.6. The van der Waals surface area contributed by atoms with Crippen LogP contribution in [0.1, 0.15) is 44.2 Å². The molecule has 0 heterocycles. The molecule has 0 unspecified atom stereocenters. The molecule has 0 aliphatic heterocycles. The Kier molecular flexibility index (Phi) is 3.75. The Hall–Kier alpha value is -1.88. The van der Waals surface area contributed by atoms with Gasteiger partial charge in [0.25, 0.3) is 0 Å². The van der Waals surface area contributed by atoms with Crippen molar-refractivity contribution in [3.63, 3.8) is 0 Å². The smallest absolute Gasteiger partial charge is 0.342 e. The second-order valence-electron chi connectivity index (χ2n) is 7.42. The molecule has 0 saturated heterocycles. The highest BCUT2D eigenvalue weighted by atomic mass is 16.5. The molecule has 1 N–H and O–H groups in total. The molecule has 0 spiro atoms. The summed E-state index contributed by atoms with van der Waals surface area (Å²) in [5.74, 6) is -1.75. The Bertz CT molecular complexity index is 699. The molecule has 2 aliphatic carbocycles. The summed E-state index contributed by atoms with van der Waals surface area (Å²) in [5, 5.41) is 11.6. The number of methoxy groups -OCH3 is 2. The molecule has 5 nitrogen and oxygen atoms in total. The van der Waals surface area contributed by atoms with E-state index in [0.717, 1.165) is 18.4 Å². The second-order valence-corrected chi connectivity index (χ2v) is 7.42. The average molecular weight is 332 g/mol. The number of carbonyl (C=O) groups excluding carboxylic acids is 2. The maximum Gasteiger partial charge on any atom is 0.342 e. The lowest BCUT2D eigenvalue weighted by Gasteiger charge is -2.50. The fraction of sp³-hybridized carbons (Fsp3) is 0.579. The molecule has 1 aromatic carbocycles. The zero-order chi connectivity index (χ0) is 17.8. The summed E-state index contributed by atoms with van der Waals surface area (Å²) < 4.78 is 10.0. The summed E-state index contributed by atoms with van der Waals surface area (Å²) in [6, 6.07) is 7.39. The van der Waals surface area contributed by atoms with Crippen LogP contribution in [0.2, 0.25) is 0 Å². The number of ether oxygens (including phenoxy) is 2. The molecule has 3 rings (SSSR count). The van der Waals surface area contributed by atoms with E-state index in [1.807, 2.05) is 19.1 Å². The molecule has 0 aromatic heterocycles. The van der Waals surface area contributed by atoms with Gasteiger partial charge in [-0.15, -0.1) is 0 Å². The lowest BCUT2D eigenvalue weighted by molar-refractivity contribution is -0.193. The molecular formula is C19H24O5. The Morgan fingerprint density at radius 3 is 2.21 bits per heavy atom. The number of fused-ring (bicyclic) bond motifs is 3. The van der Waals surface area contributed by atoms with E-state index in [4.69, 9.17) is 9.47 Å². The van der Waals surface area contributed by atoms with Gasteiger partial charge in [-0.05, 0) is 30.9 Å². The molecule has 24 heavy (non-hydrogen) atoms. The first kappa shape index (κ1) is 17.0. The van der Waals surface area contributed by atoms with Crippen LogP contribution in [0.4, 0.5) is 0 Å². The zero-order valence-corrected chi connectivity index (χ0v) is 14.6. The Labute approximate surface area is 142 Å². The number of carbonyl (C=O) groups is 2. The number of hydrogen-bond donors (Lipinski definition) is 1. The van der Waals surface area contributed by atoms with E-state index in [2.05, 4.69) is 0 Å². The van der Waals surface area contributed by atoms with E-state index in [1.165, 1.54) is 14.2 Å². The van der Waals surface area contributed by atoms with Gasteiger partial charge in [-0.25, -0.2) is 4.79 Å². The number of esters is 2. The lowest BCUT2D eigenvalue weighted by Crippen LogP contribution is -2.58. The summed E-state index contributed by atoms with van der Waals surface area (Å²) in [6.07, 6.45) is 2.18. The van der Waals surface area contributed by atoms with Crippen molar-refractivity contribution < 1.29 is 24.2 Å². The summed E-state index contributed by atoms with van der Waals surface area (Å²) in [7, 11) is 2.61. The van der Waals surface area contributed by atoms with Crippen LogP contribution in [0, 0.1) is 11.3 Å². The average Bonchev–Trinajstić information content (AvgIpc) is 2.80. The SMILES string of the molecule is COC(=O)[C@]1(C)CCC[C@@]2(C)c3ccccc3[C@](O)(C(=O)OC)[C@@H]12. The normalized spacial score (nSPS) is 37.3. The van der Waals surface area contributed by atoms with Crippen molar-refractivity contribution >= 4 is 11.9 Å². The summed E-state index contributed by atoms with van der Waals surface area (Å²) >= 11 is 0.